The molecule has 4 rings (SSSR count). The Kier molecular flexibility index (Phi) is 8.20. The van der Waals surface area contributed by atoms with Crippen molar-refractivity contribution in [1.29, 1.82) is 0 Å². The maximum atomic E-state index is 13.3. The molecule has 9 nitrogen and oxygen atoms in total. The van der Waals surface area contributed by atoms with Crippen molar-refractivity contribution in [3.63, 3.8) is 0 Å². The number of hydrogen-bond acceptors (Lipinski definition) is 6. The topological polar surface area (TPSA) is 116 Å². The molecule has 2 aromatic rings. The third-order valence-electron chi connectivity index (χ3n) is 7.02. The Bertz CT molecular complexity index is 1230. The van der Waals surface area contributed by atoms with Crippen molar-refractivity contribution in [2.45, 2.75) is 50.2 Å². The molecule has 1 fully saturated rings. The molecule has 0 radical (unpaired) electrons. The van der Waals surface area contributed by atoms with Gasteiger partial charge < -0.3 is 20.1 Å². The second kappa shape index (κ2) is 11.2. The number of aliphatic hydroxyl groups excluding tert-OH is 1. The third-order valence-corrected chi connectivity index (χ3v) is 8.86. The quantitative estimate of drug-likeness (QED) is 0.543. The molecule has 1 saturated carbocycles. The molecule has 0 aromatic heterocycles. The summed E-state index contributed by atoms with van der Waals surface area (Å²) >= 11 is 0. The normalized spacial score (nSPS) is 21.3. The van der Waals surface area contributed by atoms with Crippen molar-refractivity contribution in [3.05, 3.63) is 54.1 Å². The van der Waals surface area contributed by atoms with Crippen molar-refractivity contribution in [3.8, 4) is 5.75 Å². The fraction of sp³-hybridized carbons (Fsp3) is 0.481. The number of nitrogens with one attached hydrogen (secondary N) is 1. The standard InChI is InChI=1S/C27H35N3O6S/c1-18-15-30(19(2)17-31)26(32)14-21-13-22(28-27(33)20-9-10-20)11-12-24(21)36-25(18)16-29(3)37(34,35)23-7-5-4-6-8-23/h4-8,11-13,18-20,25,31H,9-10,14-17H2,1-3H3,(H,28,33)/t18-,19+,25+/m0/s1. The summed E-state index contributed by atoms with van der Waals surface area (Å²) in [6.45, 7) is 3.85. The van der Waals surface area contributed by atoms with Gasteiger partial charge in [-0.05, 0) is 50.1 Å². The zero-order chi connectivity index (χ0) is 26.7. The number of hydrogen-bond donors (Lipinski definition) is 2. The molecule has 0 unspecified atom stereocenters. The van der Waals surface area contributed by atoms with Gasteiger partial charge in [0.2, 0.25) is 21.8 Å². The average Bonchev–Trinajstić information content (AvgIpc) is 3.73. The highest BCUT2D eigenvalue weighted by Crippen LogP contribution is 2.32. The van der Waals surface area contributed by atoms with Crippen LogP contribution in [0.5, 0.6) is 5.75 Å². The van der Waals surface area contributed by atoms with E-state index in [9.17, 15) is 23.1 Å². The van der Waals surface area contributed by atoms with Gasteiger partial charge in [-0.15, -0.1) is 0 Å². The molecule has 0 bridgehead atoms. The Morgan fingerprint density at radius 1 is 1.22 bits per heavy atom. The minimum absolute atomic E-state index is 0.0321. The number of likely N-dealkylation sites (N-methyl/N-ethyl adjacent to an activating group) is 1. The first-order chi connectivity index (χ1) is 17.6. The van der Waals surface area contributed by atoms with Crippen LogP contribution >= 0.6 is 0 Å². The van der Waals surface area contributed by atoms with E-state index in [2.05, 4.69) is 5.32 Å². The summed E-state index contributed by atoms with van der Waals surface area (Å²) in [6, 6.07) is 13.0. The van der Waals surface area contributed by atoms with Gasteiger partial charge in [-0.2, -0.15) is 4.31 Å². The lowest BCUT2D eigenvalue weighted by Crippen LogP contribution is -2.48. The number of amides is 2. The predicted molar refractivity (Wildman–Crippen MR) is 140 cm³/mol. The molecule has 10 heteroatoms. The highest BCUT2D eigenvalue weighted by Gasteiger charge is 2.34. The van der Waals surface area contributed by atoms with Crippen molar-refractivity contribution < 1.29 is 27.9 Å². The average molecular weight is 530 g/mol. The lowest BCUT2D eigenvalue weighted by molar-refractivity contribution is -0.134. The summed E-state index contributed by atoms with van der Waals surface area (Å²) in [5.41, 5.74) is 1.18. The molecule has 200 valence electrons. The molecular weight excluding hydrogens is 494 g/mol. The zero-order valence-electron chi connectivity index (χ0n) is 21.5. The fourth-order valence-corrected chi connectivity index (χ4v) is 5.64. The van der Waals surface area contributed by atoms with Gasteiger partial charge in [-0.3, -0.25) is 9.59 Å². The second-order valence-electron chi connectivity index (χ2n) is 10.1. The maximum Gasteiger partial charge on any atom is 0.242 e. The van der Waals surface area contributed by atoms with Crippen LogP contribution in [-0.4, -0.2) is 73.4 Å². The van der Waals surface area contributed by atoms with E-state index in [0.717, 1.165) is 12.8 Å². The largest absolute Gasteiger partial charge is 0.488 e. The van der Waals surface area contributed by atoms with Gasteiger partial charge in [0.1, 0.15) is 11.9 Å². The first-order valence-corrected chi connectivity index (χ1v) is 14.1. The Morgan fingerprint density at radius 2 is 1.92 bits per heavy atom. The van der Waals surface area contributed by atoms with Gasteiger partial charge in [0.05, 0.1) is 30.5 Å². The molecule has 0 saturated heterocycles. The summed E-state index contributed by atoms with van der Waals surface area (Å²) in [6.07, 6.45) is 1.22. The first kappa shape index (κ1) is 27.1. The number of rotatable bonds is 8. The number of fused-ring (bicyclic) bond motifs is 1. The Labute approximate surface area is 218 Å². The third kappa shape index (κ3) is 6.31. The highest BCUT2D eigenvalue weighted by molar-refractivity contribution is 7.89. The summed E-state index contributed by atoms with van der Waals surface area (Å²) in [7, 11) is -2.24. The smallest absolute Gasteiger partial charge is 0.242 e. The second-order valence-corrected chi connectivity index (χ2v) is 12.1. The van der Waals surface area contributed by atoms with Crippen molar-refractivity contribution in [2.75, 3.05) is 32.1 Å². The molecule has 1 heterocycles. The Balaban J connectivity index is 1.65. The van der Waals surface area contributed by atoms with Crippen LogP contribution in [0.2, 0.25) is 0 Å². The van der Waals surface area contributed by atoms with Crippen molar-refractivity contribution in [1.82, 2.24) is 9.21 Å². The molecule has 1 aliphatic heterocycles. The van der Waals surface area contributed by atoms with E-state index in [1.165, 1.54) is 11.4 Å². The molecular formula is C27H35N3O6S. The Morgan fingerprint density at radius 3 is 2.57 bits per heavy atom. The van der Waals surface area contributed by atoms with E-state index >= 15 is 0 Å². The lowest BCUT2D eigenvalue weighted by atomic mass is 10.0. The number of sulfonamides is 1. The van der Waals surface area contributed by atoms with E-state index in [-0.39, 0.29) is 48.1 Å². The van der Waals surface area contributed by atoms with E-state index in [1.807, 2.05) is 6.92 Å². The van der Waals surface area contributed by atoms with E-state index < -0.39 is 22.2 Å². The first-order valence-electron chi connectivity index (χ1n) is 12.6. The fourth-order valence-electron chi connectivity index (χ4n) is 4.44. The van der Waals surface area contributed by atoms with Crippen LogP contribution in [0.3, 0.4) is 0 Å². The summed E-state index contributed by atoms with van der Waals surface area (Å²) in [4.78, 5) is 27.4. The molecule has 37 heavy (non-hydrogen) atoms. The highest BCUT2D eigenvalue weighted by atomic mass is 32.2. The van der Waals surface area contributed by atoms with Gasteiger partial charge in [-0.1, -0.05) is 25.1 Å². The lowest BCUT2D eigenvalue weighted by Gasteiger charge is -2.33. The van der Waals surface area contributed by atoms with Crippen LogP contribution in [0, 0.1) is 11.8 Å². The maximum absolute atomic E-state index is 13.3. The van der Waals surface area contributed by atoms with Crippen LogP contribution in [0.1, 0.15) is 32.3 Å². The van der Waals surface area contributed by atoms with Crippen LogP contribution < -0.4 is 10.1 Å². The minimum atomic E-state index is -3.75. The molecule has 0 spiro atoms. The number of ether oxygens (including phenoxy) is 1. The number of carbonyl (C=O) groups is 2. The predicted octanol–water partition coefficient (Wildman–Crippen LogP) is 2.50. The van der Waals surface area contributed by atoms with Crippen LogP contribution in [-0.2, 0) is 26.0 Å². The minimum Gasteiger partial charge on any atom is -0.488 e. The van der Waals surface area contributed by atoms with Crippen molar-refractivity contribution >= 4 is 27.5 Å². The molecule has 2 N–H and O–H groups in total. The van der Waals surface area contributed by atoms with Crippen LogP contribution in [0.15, 0.2) is 53.4 Å². The molecule has 1 aliphatic carbocycles. The molecule has 2 aromatic carbocycles. The zero-order valence-corrected chi connectivity index (χ0v) is 22.3. The van der Waals surface area contributed by atoms with Crippen LogP contribution in [0.25, 0.3) is 0 Å². The van der Waals surface area contributed by atoms with Gasteiger partial charge >= 0.3 is 0 Å². The number of nitrogens with zero attached hydrogens (tertiary/aromatic N) is 2. The van der Waals surface area contributed by atoms with Crippen molar-refractivity contribution in [2.24, 2.45) is 11.8 Å². The SMILES string of the molecule is C[C@H](CO)N1C[C@H](C)[C@@H](CN(C)S(=O)(=O)c2ccccc2)Oc2ccc(NC(=O)C3CC3)cc2CC1=O. The van der Waals surface area contributed by atoms with Gasteiger partial charge in [0, 0.05) is 36.7 Å². The summed E-state index contributed by atoms with van der Waals surface area (Å²) < 4.78 is 34.1. The summed E-state index contributed by atoms with van der Waals surface area (Å²) in [5.74, 6) is 0.0568. The molecule has 2 aliphatic rings. The molecule has 2 amide bonds. The van der Waals surface area contributed by atoms with Crippen LogP contribution in [0.4, 0.5) is 5.69 Å². The number of aliphatic hydroxyl groups is 1. The van der Waals surface area contributed by atoms with Gasteiger partial charge in [0.25, 0.3) is 0 Å². The van der Waals surface area contributed by atoms with Gasteiger partial charge in [0.15, 0.2) is 0 Å². The number of benzene rings is 2. The summed E-state index contributed by atoms with van der Waals surface area (Å²) in [5, 5.41) is 12.7. The van der Waals surface area contributed by atoms with Gasteiger partial charge in [-0.25, -0.2) is 8.42 Å². The molecule has 3 atom stereocenters. The number of anilines is 1. The monoisotopic (exact) mass is 529 g/mol. The van der Waals surface area contributed by atoms with E-state index in [1.54, 1.807) is 60.4 Å². The Hall–Kier alpha value is -2.95. The van der Waals surface area contributed by atoms with E-state index in [4.69, 9.17) is 4.74 Å². The van der Waals surface area contributed by atoms with E-state index in [0.29, 0.717) is 23.5 Å². The number of carbonyl (C=O) groups excluding carboxylic acids is 2.